The Labute approximate surface area is 183 Å². The van der Waals surface area contributed by atoms with Crippen LogP contribution in [0.25, 0.3) is 0 Å². The van der Waals surface area contributed by atoms with Gasteiger partial charge in [0.15, 0.2) is 5.96 Å². The molecule has 1 aromatic carbocycles. The second-order valence-electron chi connectivity index (χ2n) is 7.30. The molecule has 1 aliphatic heterocycles. The van der Waals surface area contributed by atoms with Gasteiger partial charge in [-0.3, -0.25) is 4.99 Å². The summed E-state index contributed by atoms with van der Waals surface area (Å²) in [5.74, 6) is 0.358. The predicted molar refractivity (Wildman–Crippen MR) is 119 cm³/mol. The molecular weight excluding hydrogens is 484 g/mol. The van der Waals surface area contributed by atoms with Crippen LogP contribution in [0.4, 0.5) is 4.39 Å². The van der Waals surface area contributed by atoms with Gasteiger partial charge >= 0.3 is 0 Å². The summed E-state index contributed by atoms with van der Waals surface area (Å²) in [5.41, 5.74) is 0.602. The Morgan fingerprint density at radius 3 is 2.81 bits per heavy atom. The zero-order chi connectivity index (χ0) is 19.2. The number of aliphatic imine (C=N–C) groups is 1. The molecule has 2 unspecified atom stereocenters. The van der Waals surface area contributed by atoms with Gasteiger partial charge in [0, 0.05) is 36.7 Å². The van der Waals surface area contributed by atoms with Crippen molar-refractivity contribution < 1.29 is 13.9 Å². The third-order valence-electron chi connectivity index (χ3n) is 4.43. The number of halogens is 3. The van der Waals surface area contributed by atoms with Crippen LogP contribution in [0.3, 0.4) is 0 Å². The van der Waals surface area contributed by atoms with Crippen LogP contribution in [-0.2, 0) is 14.9 Å². The number of rotatable bonds is 7. The molecule has 5 nitrogen and oxygen atoms in total. The van der Waals surface area contributed by atoms with E-state index < -0.39 is 0 Å². The molecule has 2 rings (SSSR count). The highest BCUT2D eigenvalue weighted by Crippen LogP contribution is 2.29. The average Bonchev–Trinajstić information content (AvgIpc) is 3.10. The fourth-order valence-corrected chi connectivity index (χ4v) is 3.26. The summed E-state index contributed by atoms with van der Waals surface area (Å²) in [6.07, 6.45) is 1.14. The first kappa shape index (κ1) is 24.4. The van der Waals surface area contributed by atoms with Crippen LogP contribution >= 0.6 is 35.6 Å². The Morgan fingerprint density at radius 1 is 1.48 bits per heavy atom. The van der Waals surface area contributed by atoms with Crippen LogP contribution < -0.4 is 10.6 Å². The molecule has 2 N–H and O–H groups in total. The molecule has 1 aromatic rings. The summed E-state index contributed by atoms with van der Waals surface area (Å²) in [4.78, 5) is 4.26. The van der Waals surface area contributed by atoms with Gasteiger partial charge in [-0.2, -0.15) is 0 Å². The number of guanidine groups is 1. The molecule has 0 aromatic heterocycles. The van der Waals surface area contributed by atoms with Crippen LogP contribution in [0, 0.1) is 5.82 Å². The first-order valence-corrected chi connectivity index (χ1v) is 9.31. The van der Waals surface area contributed by atoms with E-state index in [1.165, 1.54) is 12.1 Å². The second-order valence-corrected chi connectivity index (χ2v) is 7.71. The molecule has 27 heavy (non-hydrogen) atoms. The monoisotopic (exact) mass is 513 g/mol. The van der Waals surface area contributed by atoms with Crippen LogP contribution in [-0.4, -0.2) is 51.5 Å². The minimum atomic E-state index is -0.332. The highest BCUT2D eigenvalue weighted by molar-refractivity contribution is 14.0. The molecule has 8 heteroatoms. The first-order valence-electron chi connectivity index (χ1n) is 8.94. The lowest BCUT2D eigenvalue weighted by Crippen LogP contribution is -2.47. The molecule has 154 valence electrons. The predicted octanol–water partition coefficient (Wildman–Crippen LogP) is 3.73. The molecular formula is C19H30ClFIN3O2. The number of benzene rings is 1. The summed E-state index contributed by atoms with van der Waals surface area (Å²) in [6, 6.07) is 4.62. The maximum atomic E-state index is 13.3. The first-order chi connectivity index (χ1) is 12.3. The fraction of sp³-hybridized carbons (Fsp3) is 0.632. The Kier molecular flexibility index (Phi) is 10.3. The van der Waals surface area contributed by atoms with Gasteiger partial charge in [0.1, 0.15) is 5.82 Å². The van der Waals surface area contributed by atoms with E-state index in [-0.39, 0.29) is 47.4 Å². The number of hydrogen-bond acceptors (Lipinski definition) is 3. The van der Waals surface area contributed by atoms with E-state index in [0.29, 0.717) is 30.7 Å². The van der Waals surface area contributed by atoms with Gasteiger partial charge < -0.3 is 20.1 Å². The summed E-state index contributed by atoms with van der Waals surface area (Å²) in [7, 11) is 1.73. The number of nitrogens with zero attached hydrogens (tertiary/aromatic N) is 1. The van der Waals surface area contributed by atoms with Crippen molar-refractivity contribution in [1.29, 1.82) is 0 Å². The van der Waals surface area contributed by atoms with Gasteiger partial charge in [0.05, 0.1) is 19.3 Å². The molecule has 0 radical (unpaired) electrons. The van der Waals surface area contributed by atoms with Crippen molar-refractivity contribution in [2.45, 2.75) is 44.8 Å². The lowest BCUT2D eigenvalue weighted by Gasteiger charge is -2.28. The van der Waals surface area contributed by atoms with E-state index in [2.05, 4.69) is 29.5 Å². The van der Waals surface area contributed by atoms with Crippen molar-refractivity contribution in [3.05, 3.63) is 34.6 Å². The Bertz CT molecular complexity index is 625. The SMILES string of the molecule is CN=C(NCC(C)(C)c1ccc(F)cc1Cl)NC(C)COC1CCOC1.I. The van der Waals surface area contributed by atoms with Crippen molar-refractivity contribution in [3.8, 4) is 0 Å². The molecule has 1 aliphatic rings. The summed E-state index contributed by atoms with van der Waals surface area (Å²) >= 11 is 6.21. The Morgan fingerprint density at radius 2 is 2.22 bits per heavy atom. The van der Waals surface area contributed by atoms with Crippen LogP contribution in [0.5, 0.6) is 0 Å². The molecule has 1 fully saturated rings. The van der Waals surface area contributed by atoms with Gasteiger partial charge in [-0.05, 0) is 31.0 Å². The van der Waals surface area contributed by atoms with E-state index in [1.54, 1.807) is 13.1 Å². The number of nitrogens with one attached hydrogen (secondary N) is 2. The third kappa shape index (κ3) is 7.71. The standard InChI is InChI=1S/C19H29ClFN3O2.HI/c1-13(10-26-15-7-8-25-11-15)24-18(22-4)23-12-19(2,3)16-6-5-14(21)9-17(16)20;/h5-6,9,13,15H,7-8,10-12H2,1-4H3,(H2,22,23,24);1H. The van der Waals surface area contributed by atoms with E-state index in [0.717, 1.165) is 18.6 Å². The van der Waals surface area contributed by atoms with Crippen molar-refractivity contribution >= 4 is 41.5 Å². The largest absolute Gasteiger partial charge is 0.379 e. The lowest BCUT2D eigenvalue weighted by atomic mass is 9.84. The molecule has 1 heterocycles. The second kappa shape index (κ2) is 11.4. The minimum Gasteiger partial charge on any atom is -0.379 e. The van der Waals surface area contributed by atoms with Crippen molar-refractivity contribution in [3.63, 3.8) is 0 Å². The highest BCUT2D eigenvalue weighted by Gasteiger charge is 2.24. The molecule has 0 saturated carbocycles. The van der Waals surface area contributed by atoms with Crippen LogP contribution in [0.15, 0.2) is 23.2 Å². The topological polar surface area (TPSA) is 54.9 Å². The van der Waals surface area contributed by atoms with Gasteiger partial charge in [0.25, 0.3) is 0 Å². The zero-order valence-electron chi connectivity index (χ0n) is 16.4. The van der Waals surface area contributed by atoms with E-state index in [1.807, 2.05) is 6.92 Å². The minimum absolute atomic E-state index is 0. The smallest absolute Gasteiger partial charge is 0.191 e. The summed E-state index contributed by atoms with van der Waals surface area (Å²) in [6.45, 7) is 8.79. The van der Waals surface area contributed by atoms with Crippen molar-refractivity contribution in [2.75, 3.05) is 33.4 Å². The molecule has 0 bridgehead atoms. The molecule has 0 spiro atoms. The maximum absolute atomic E-state index is 13.3. The molecule has 2 atom stereocenters. The number of ether oxygens (including phenoxy) is 2. The Hall–Kier alpha value is -0.640. The quantitative estimate of drug-likeness (QED) is 0.331. The van der Waals surface area contributed by atoms with Gasteiger partial charge in [0.2, 0.25) is 0 Å². The molecule has 0 amide bonds. The van der Waals surface area contributed by atoms with Crippen molar-refractivity contribution in [2.24, 2.45) is 4.99 Å². The van der Waals surface area contributed by atoms with Gasteiger partial charge in [-0.1, -0.05) is 31.5 Å². The lowest BCUT2D eigenvalue weighted by molar-refractivity contribution is 0.0347. The highest BCUT2D eigenvalue weighted by atomic mass is 127. The van der Waals surface area contributed by atoms with E-state index in [4.69, 9.17) is 21.1 Å². The maximum Gasteiger partial charge on any atom is 0.191 e. The van der Waals surface area contributed by atoms with Gasteiger partial charge in [-0.15, -0.1) is 24.0 Å². The van der Waals surface area contributed by atoms with Crippen molar-refractivity contribution in [1.82, 2.24) is 10.6 Å². The van der Waals surface area contributed by atoms with Crippen LogP contribution in [0.1, 0.15) is 32.8 Å². The number of hydrogen-bond donors (Lipinski definition) is 2. The molecule has 1 saturated heterocycles. The fourth-order valence-electron chi connectivity index (χ4n) is 2.83. The van der Waals surface area contributed by atoms with E-state index >= 15 is 0 Å². The molecule has 0 aliphatic carbocycles. The Balaban J connectivity index is 0.00000364. The summed E-state index contributed by atoms with van der Waals surface area (Å²) in [5, 5.41) is 7.06. The average molecular weight is 514 g/mol. The van der Waals surface area contributed by atoms with Crippen LogP contribution in [0.2, 0.25) is 5.02 Å². The normalized spacial score (nSPS) is 18.7. The van der Waals surface area contributed by atoms with Gasteiger partial charge in [-0.25, -0.2) is 4.39 Å². The van der Waals surface area contributed by atoms with E-state index in [9.17, 15) is 4.39 Å². The third-order valence-corrected chi connectivity index (χ3v) is 4.75. The summed E-state index contributed by atoms with van der Waals surface area (Å²) < 4.78 is 24.4. The zero-order valence-corrected chi connectivity index (χ0v) is 19.4.